The second-order valence-electron chi connectivity index (χ2n) is 4.95. The second kappa shape index (κ2) is 13.4. The van der Waals surface area contributed by atoms with Crippen molar-refractivity contribution in [3.05, 3.63) is 24.4 Å². The molecule has 0 atom stereocenters. The maximum atomic E-state index is 2.39. The molecule has 0 aliphatic carbocycles. The smallest absolute Gasteiger partial charge is 0.163 e. The van der Waals surface area contributed by atoms with E-state index in [1.807, 2.05) is 0 Å². The molecule has 0 aromatic carbocycles. The minimum atomic E-state index is 1.15. The minimum Gasteiger partial charge on any atom is -0.377 e. The van der Waals surface area contributed by atoms with E-state index in [4.69, 9.17) is 0 Å². The van der Waals surface area contributed by atoms with Gasteiger partial charge >= 0.3 is 0 Å². The first-order chi connectivity index (χ1) is 9.28. The van der Waals surface area contributed by atoms with Gasteiger partial charge in [-0.15, -0.1) is 0 Å². The number of allylic oxidation sites excluding steroid dienone is 3. The van der Waals surface area contributed by atoms with E-state index < -0.39 is 0 Å². The van der Waals surface area contributed by atoms with Gasteiger partial charge < -0.3 is 4.90 Å². The third-order valence-electron chi connectivity index (χ3n) is 2.86. The Bertz CT molecular complexity index is 263. The molecule has 0 saturated carbocycles. The predicted octanol–water partition coefficient (Wildman–Crippen LogP) is 4.08. The summed E-state index contributed by atoms with van der Waals surface area (Å²) in [6, 6.07) is 0. The molecule has 0 aliphatic heterocycles. The van der Waals surface area contributed by atoms with Gasteiger partial charge in [0.15, 0.2) is 6.21 Å². The van der Waals surface area contributed by atoms with Crippen LogP contribution in [0.2, 0.25) is 0 Å². The molecule has 0 saturated heterocycles. The van der Waals surface area contributed by atoms with Crippen LogP contribution in [0.5, 0.6) is 0 Å². The summed E-state index contributed by atoms with van der Waals surface area (Å²) in [5.41, 5.74) is 0. The SMILES string of the molecule is CCCN(/C=C/C=C/C=[N+](CCC)CCC)CCC. The van der Waals surface area contributed by atoms with E-state index in [0.717, 1.165) is 26.2 Å². The van der Waals surface area contributed by atoms with E-state index in [-0.39, 0.29) is 0 Å². The third-order valence-corrected chi connectivity index (χ3v) is 2.86. The first kappa shape index (κ1) is 17.9. The van der Waals surface area contributed by atoms with E-state index in [1.165, 1.54) is 25.7 Å². The van der Waals surface area contributed by atoms with Crippen LogP contribution in [0, 0.1) is 0 Å². The fourth-order valence-electron chi connectivity index (χ4n) is 2.08. The van der Waals surface area contributed by atoms with Crippen LogP contribution in [0.3, 0.4) is 0 Å². The average Bonchev–Trinajstić information content (AvgIpc) is 2.39. The Morgan fingerprint density at radius 1 is 0.737 bits per heavy atom. The first-order valence-electron chi connectivity index (χ1n) is 7.94. The lowest BCUT2D eigenvalue weighted by molar-refractivity contribution is -0.522. The summed E-state index contributed by atoms with van der Waals surface area (Å²) in [6.45, 7) is 13.5. The molecule has 2 nitrogen and oxygen atoms in total. The minimum absolute atomic E-state index is 1.15. The summed E-state index contributed by atoms with van der Waals surface area (Å²) < 4.78 is 2.39. The lowest BCUT2D eigenvalue weighted by atomic mass is 10.3. The fraction of sp³-hybridized carbons (Fsp3) is 0.706. The highest BCUT2D eigenvalue weighted by Gasteiger charge is 1.97. The second-order valence-corrected chi connectivity index (χ2v) is 4.95. The lowest BCUT2D eigenvalue weighted by Crippen LogP contribution is -2.18. The van der Waals surface area contributed by atoms with Gasteiger partial charge in [0.25, 0.3) is 0 Å². The van der Waals surface area contributed by atoms with Crippen LogP contribution < -0.4 is 0 Å². The zero-order valence-corrected chi connectivity index (χ0v) is 13.4. The summed E-state index contributed by atoms with van der Waals surface area (Å²) in [5.74, 6) is 0. The monoisotopic (exact) mass is 265 g/mol. The molecule has 0 bridgehead atoms. The highest BCUT2D eigenvalue weighted by Crippen LogP contribution is 1.95. The molecule has 0 aliphatic rings. The highest BCUT2D eigenvalue weighted by molar-refractivity contribution is 5.66. The van der Waals surface area contributed by atoms with Crippen LogP contribution in [0.1, 0.15) is 53.4 Å². The Morgan fingerprint density at radius 2 is 1.32 bits per heavy atom. The van der Waals surface area contributed by atoms with Crippen molar-refractivity contribution in [2.45, 2.75) is 53.4 Å². The van der Waals surface area contributed by atoms with Crippen LogP contribution >= 0.6 is 0 Å². The first-order valence-corrected chi connectivity index (χ1v) is 7.94. The Balaban J connectivity index is 4.25. The number of rotatable bonds is 11. The predicted molar refractivity (Wildman–Crippen MR) is 87.1 cm³/mol. The number of hydrogen-bond donors (Lipinski definition) is 0. The van der Waals surface area contributed by atoms with Crippen molar-refractivity contribution in [2.24, 2.45) is 0 Å². The third kappa shape index (κ3) is 10.5. The van der Waals surface area contributed by atoms with Crippen molar-refractivity contribution in [3.8, 4) is 0 Å². The van der Waals surface area contributed by atoms with Crippen LogP contribution in [0.25, 0.3) is 0 Å². The van der Waals surface area contributed by atoms with Crippen molar-refractivity contribution < 1.29 is 4.58 Å². The molecule has 0 spiro atoms. The molecule has 19 heavy (non-hydrogen) atoms. The molecule has 0 fully saturated rings. The normalized spacial score (nSPS) is 11.4. The molecule has 0 N–H and O–H groups in total. The van der Waals surface area contributed by atoms with Crippen molar-refractivity contribution in [3.63, 3.8) is 0 Å². The Kier molecular flexibility index (Phi) is 12.6. The zero-order valence-electron chi connectivity index (χ0n) is 13.4. The fourth-order valence-corrected chi connectivity index (χ4v) is 2.08. The van der Waals surface area contributed by atoms with Gasteiger partial charge in [-0.25, -0.2) is 4.58 Å². The van der Waals surface area contributed by atoms with Gasteiger partial charge in [0, 0.05) is 32.0 Å². The average molecular weight is 265 g/mol. The lowest BCUT2D eigenvalue weighted by Gasteiger charge is -2.17. The molecule has 0 unspecified atom stereocenters. The summed E-state index contributed by atoms with van der Waals surface area (Å²) >= 11 is 0. The highest BCUT2D eigenvalue weighted by atomic mass is 15.1. The topological polar surface area (TPSA) is 6.25 Å². The molecule has 0 amide bonds. The quantitative estimate of drug-likeness (QED) is 0.310. The zero-order chi connectivity index (χ0) is 14.3. The van der Waals surface area contributed by atoms with Gasteiger partial charge in [0.1, 0.15) is 13.1 Å². The van der Waals surface area contributed by atoms with E-state index in [1.54, 1.807) is 0 Å². The maximum Gasteiger partial charge on any atom is 0.163 e. The van der Waals surface area contributed by atoms with Crippen molar-refractivity contribution in [1.82, 2.24) is 4.90 Å². The standard InChI is InChI=1S/C17H33N2/c1-5-12-18(13-6-2)16-10-9-11-17-19(14-7-3)15-8-4/h9-11,16-17H,5-8,12-15H2,1-4H3/q+1. The van der Waals surface area contributed by atoms with Crippen LogP contribution in [-0.4, -0.2) is 41.9 Å². The van der Waals surface area contributed by atoms with Gasteiger partial charge in [-0.05, 0) is 25.1 Å². The van der Waals surface area contributed by atoms with E-state index in [2.05, 4.69) is 67.8 Å². The van der Waals surface area contributed by atoms with E-state index in [9.17, 15) is 0 Å². The van der Waals surface area contributed by atoms with E-state index >= 15 is 0 Å². The van der Waals surface area contributed by atoms with Crippen molar-refractivity contribution in [1.29, 1.82) is 0 Å². The van der Waals surface area contributed by atoms with Crippen LogP contribution in [-0.2, 0) is 0 Å². The Hall–Kier alpha value is -1.05. The number of hydrogen-bond acceptors (Lipinski definition) is 1. The molecule has 0 rings (SSSR count). The van der Waals surface area contributed by atoms with Crippen LogP contribution in [0.4, 0.5) is 0 Å². The molecule has 110 valence electrons. The molecule has 0 aromatic rings. The summed E-state index contributed by atoms with van der Waals surface area (Å²) in [6.07, 6.45) is 15.7. The summed E-state index contributed by atoms with van der Waals surface area (Å²) in [5, 5.41) is 0. The number of nitrogens with zero attached hydrogens (tertiary/aromatic N) is 2. The Morgan fingerprint density at radius 3 is 1.79 bits per heavy atom. The molecule has 0 aromatic heterocycles. The van der Waals surface area contributed by atoms with Crippen LogP contribution in [0.15, 0.2) is 24.4 Å². The molecule has 0 radical (unpaired) electrons. The van der Waals surface area contributed by atoms with Gasteiger partial charge in [-0.3, -0.25) is 0 Å². The molecular formula is C17H33N2+. The molecule has 0 heterocycles. The Labute approximate surface area is 120 Å². The maximum absolute atomic E-state index is 2.39. The summed E-state index contributed by atoms with van der Waals surface area (Å²) in [7, 11) is 0. The van der Waals surface area contributed by atoms with Crippen molar-refractivity contribution in [2.75, 3.05) is 26.2 Å². The largest absolute Gasteiger partial charge is 0.377 e. The van der Waals surface area contributed by atoms with Gasteiger partial charge in [0.05, 0.1) is 0 Å². The molecule has 2 heteroatoms. The molecular weight excluding hydrogens is 232 g/mol. The van der Waals surface area contributed by atoms with Gasteiger partial charge in [-0.2, -0.15) is 0 Å². The summed E-state index contributed by atoms with van der Waals surface area (Å²) in [4.78, 5) is 2.39. The van der Waals surface area contributed by atoms with Gasteiger partial charge in [-0.1, -0.05) is 33.8 Å². The van der Waals surface area contributed by atoms with Gasteiger partial charge in [0.2, 0.25) is 0 Å². The van der Waals surface area contributed by atoms with Crippen molar-refractivity contribution >= 4 is 6.21 Å². The van der Waals surface area contributed by atoms with E-state index in [0.29, 0.717) is 0 Å².